The average Bonchev–Trinajstić information content (AvgIpc) is 2.44. The van der Waals surface area contributed by atoms with Crippen LogP contribution in [0.5, 0.6) is 0 Å². The topological polar surface area (TPSA) is 32.3 Å². The number of hydrogen-bond acceptors (Lipinski definition) is 2. The summed E-state index contributed by atoms with van der Waals surface area (Å²) in [6.07, 6.45) is 0.824. The first kappa shape index (κ1) is 15.0. The van der Waals surface area contributed by atoms with Crippen molar-refractivity contribution in [2.75, 3.05) is 13.2 Å². The van der Waals surface area contributed by atoms with E-state index in [9.17, 15) is 0 Å². The lowest BCUT2D eigenvalue weighted by molar-refractivity contribution is 0.204. The highest BCUT2D eigenvalue weighted by Crippen LogP contribution is 2.23. The van der Waals surface area contributed by atoms with Crippen molar-refractivity contribution in [2.45, 2.75) is 33.2 Å². The molecule has 0 heterocycles. The molecule has 0 aliphatic carbocycles. The molecule has 0 saturated heterocycles. The predicted molar refractivity (Wildman–Crippen MR) is 85.8 cm³/mol. The summed E-state index contributed by atoms with van der Waals surface area (Å²) < 4.78 is 0. The summed E-state index contributed by atoms with van der Waals surface area (Å²) in [5.41, 5.74) is 1.43. The molecule has 1 atom stereocenters. The highest BCUT2D eigenvalue weighted by molar-refractivity contribution is 5.83. The van der Waals surface area contributed by atoms with Crippen molar-refractivity contribution in [3.8, 4) is 0 Å². The van der Waals surface area contributed by atoms with Crippen LogP contribution in [-0.4, -0.2) is 18.3 Å². The van der Waals surface area contributed by atoms with E-state index in [1.54, 1.807) is 0 Å². The molecule has 2 N–H and O–H groups in total. The molecule has 0 saturated carbocycles. The monoisotopic (exact) mass is 271 g/mol. The maximum absolute atomic E-state index is 9.07. The molecular weight excluding hydrogens is 246 g/mol. The van der Waals surface area contributed by atoms with Gasteiger partial charge in [-0.2, -0.15) is 0 Å². The van der Waals surface area contributed by atoms with Gasteiger partial charge in [0.15, 0.2) is 0 Å². The van der Waals surface area contributed by atoms with Crippen LogP contribution >= 0.6 is 0 Å². The van der Waals surface area contributed by atoms with Crippen molar-refractivity contribution < 1.29 is 5.11 Å². The van der Waals surface area contributed by atoms with Crippen LogP contribution in [0.25, 0.3) is 10.8 Å². The molecule has 0 amide bonds. The molecule has 0 fully saturated rings. The van der Waals surface area contributed by atoms with Crippen molar-refractivity contribution in [1.29, 1.82) is 0 Å². The average molecular weight is 271 g/mol. The van der Waals surface area contributed by atoms with Gasteiger partial charge in [-0.05, 0) is 41.2 Å². The second-order valence-corrected chi connectivity index (χ2v) is 6.35. The molecule has 2 aromatic carbocycles. The molecule has 20 heavy (non-hydrogen) atoms. The second kappa shape index (κ2) is 6.38. The third kappa shape index (κ3) is 3.81. The van der Waals surface area contributed by atoms with Crippen LogP contribution in [0.4, 0.5) is 0 Å². The van der Waals surface area contributed by atoms with E-state index in [4.69, 9.17) is 5.11 Å². The predicted octanol–water partition coefficient (Wildman–Crippen LogP) is 3.90. The Labute approximate surface area is 121 Å². The highest BCUT2D eigenvalue weighted by Gasteiger charge is 2.18. The summed E-state index contributed by atoms with van der Waals surface area (Å²) in [7, 11) is 0. The van der Waals surface area contributed by atoms with E-state index in [1.807, 2.05) is 0 Å². The molecule has 0 aromatic heterocycles. The minimum atomic E-state index is 0.125. The summed E-state index contributed by atoms with van der Waals surface area (Å²) in [5, 5.41) is 15.2. The SMILES string of the molecule is CC(NCC(C)(C)CCO)c1ccc2ccccc2c1. The van der Waals surface area contributed by atoms with E-state index in [-0.39, 0.29) is 12.0 Å². The van der Waals surface area contributed by atoms with Gasteiger partial charge in [0.1, 0.15) is 0 Å². The fourth-order valence-corrected chi connectivity index (χ4v) is 2.42. The van der Waals surface area contributed by atoms with Crippen molar-refractivity contribution in [3.05, 3.63) is 48.0 Å². The zero-order chi connectivity index (χ0) is 14.6. The summed E-state index contributed by atoms with van der Waals surface area (Å²) in [6, 6.07) is 15.4. The normalized spacial score (nSPS) is 13.6. The van der Waals surface area contributed by atoms with Crippen molar-refractivity contribution in [2.24, 2.45) is 5.41 Å². The maximum Gasteiger partial charge on any atom is 0.0436 e. The lowest BCUT2D eigenvalue weighted by atomic mass is 9.89. The van der Waals surface area contributed by atoms with Gasteiger partial charge in [-0.15, -0.1) is 0 Å². The second-order valence-electron chi connectivity index (χ2n) is 6.35. The molecule has 0 bridgehead atoms. The summed E-state index contributed by atoms with van der Waals surface area (Å²) in [4.78, 5) is 0. The van der Waals surface area contributed by atoms with Gasteiger partial charge in [-0.1, -0.05) is 50.2 Å². The van der Waals surface area contributed by atoms with Crippen LogP contribution in [0, 0.1) is 5.41 Å². The minimum Gasteiger partial charge on any atom is -0.396 e. The minimum absolute atomic E-state index is 0.125. The largest absolute Gasteiger partial charge is 0.396 e. The van der Waals surface area contributed by atoms with Crippen molar-refractivity contribution in [3.63, 3.8) is 0 Å². The molecule has 2 heteroatoms. The van der Waals surface area contributed by atoms with Gasteiger partial charge in [0.05, 0.1) is 0 Å². The number of aliphatic hydroxyl groups excluding tert-OH is 1. The van der Waals surface area contributed by atoms with E-state index in [2.05, 4.69) is 68.6 Å². The Kier molecular flexibility index (Phi) is 4.79. The zero-order valence-electron chi connectivity index (χ0n) is 12.7. The molecule has 2 aromatic rings. The van der Waals surface area contributed by atoms with E-state index < -0.39 is 0 Å². The molecule has 1 unspecified atom stereocenters. The molecule has 0 radical (unpaired) electrons. The van der Waals surface area contributed by atoms with E-state index in [0.29, 0.717) is 6.04 Å². The Morgan fingerprint density at radius 3 is 2.50 bits per heavy atom. The Morgan fingerprint density at radius 2 is 1.80 bits per heavy atom. The molecule has 2 nitrogen and oxygen atoms in total. The summed E-state index contributed by atoms with van der Waals surface area (Å²) >= 11 is 0. The first-order chi connectivity index (χ1) is 9.52. The standard InChI is InChI=1S/C18H25NO/c1-14(19-13-18(2,3)10-11-20)16-9-8-15-6-4-5-7-17(15)12-16/h4-9,12,14,19-20H,10-11,13H2,1-3H3. The molecule has 2 rings (SSSR count). The van der Waals surface area contributed by atoms with Crippen LogP contribution < -0.4 is 5.32 Å². The van der Waals surface area contributed by atoms with Gasteiger partial charge in [-0.3, -0.25) is 0 Å². The molecule has 0 aliphatic rings. The molecular formula is C18H25NO. The quantitative estimate of drug-likeness (QED) is 0.835. The smallest absolute Gasteiger partial charge is 0.0436 e. The van der Waals surface area contributed by atoms with Gasteiger partial charge in [0, 0.05) is 19.2 Å². The number of nitrogens with one attached hydrogen (secondary N) is 1. The van der Waals surface area contributed by atoms with Gasteiger partial charge in [0.25, 0.3) is 0 Å². The lowest BCUT2D eigenvalue weighted by Crippen LogP contribution is -2.32. The Balaban J connectivity index is 2.05. The molecule has 108 valence electrons. The summed E-state index contributed by atoms with van der Waals surface area (Å²) in [5.74, 6) is 0. The molecule has 0 spiro atoms. The zero-order valence-corrected chi connectivity index (χ0v) is 12.7. The summed E-state index contributed by atoms with van der Waals surface area (Å²) in [6.45, 7) is 7.71. The first-order valence-electron chi connectivity index (χ1n) is 7.35. The van der Waals surface area contributed by atoms with Crippen LogP contribution in [-0.2, 0) is 0 Å². The van der Waals surface area contributed by atoms with E-state index in [1.165, 1.54) is 16.3 Å². The van der Waals surface area contributed by atoms with Crippen molar-refractivity contribution in [1.82, 2.24) is 5.32 Å². The fraction of sp³-hybridized carbons (Fsp3) is 0.444. The van der Waals surface area contributed by atoms with Gasteiger partial charge in [0.2, 0.25) is 0 Å². The Morgan fingerprint density at radius 1 is 1.10 bits per heavy atom. The van der Waals surface area contributed by atoms with Gasteiger partial charge < -0.3 is 10.4 Å². The van der Waals surface area contributed by atoms with Crippen molar-refractivity contribution >= 4 is 10.8 Å². The Hall–Kier alpha value is -1.38. The third-order valence-electron chi connectivity index (χ3n) is 3.95. The third-order valence-corrected chi connectivity index (χ3v) is 3.95. The number of fused-ring (bicyclic) bond motifs is 1. The number of benzene rings is 2. The number of hydrogen-bond donors (Lipinski definition) is 2. The lowest BCUT2D eigenvalue weighted by Gasteiger charge is -2.26. The Bertz CT molecular complexity index is 562. The van der Waals surface area contributed by atoms with Gasteiger partial charge >= 0.3 is 0 Å². The van der Waals surface area contributed by atoms with Crippen LogP contribution in [0.15, 0.2) is 42.5 Å². The number of aliphatic hydroxyl groups is 1. The molecule has 0 aliphatic heterocycles. The van der Waals surface area contributed by atoms with E-state index >= 15 is 0 Å². The highest BCUT2D eigenvalue weighted by atomic mass is 16.3. The maximum atomic E-state index is 9.07. The first-order valence-corrected chi connectivity index (χ1v) is 7.35. The number of rotatable bonds is 6. The van der Waals surface area contributed by atoms with Gasteiger partial charge in [-0.25, -0.2) is 0 Å². The van der Waals surface area contributed by atoms with Crippen LogP contribution in [0.3, 0.4) is 0 Å². The van der Waals surface area contributed by atoms with Crippen LogP contribution in [0.2, 0.25) is 0 Å². The fourth-order valence-electron chi connectivity index (χ4n) is 2.42. The van der Waals surface area contributed by atoms with E-state index in [0.717, 1.165) is 13.0 Å². The van der Waals surface area contributed by atoms with Crippen LogP contribution in [0.1, 0.15) is 38.8 Å².